The number of benzene rings is 1. The fourth-order valence-electron chi connectivity index (χ4n) is 2.26. The predicted octanol–water partition coefficient (Wildman–Crippen LogP) is 2.40. The number of halogens is 1. The van der Waals surface area contributed by atoms with Gasteiger partial charge in [0.1, 0.15) is 4.99 Å². The summed E-state index contributed by atoms with van der Waals surface area (Å²) in [5.74, 6) is 0.124. The van der Waals surface area contributed by atoms with E-state index < -0.39 is 0 Å². The van der Waals surface area contributed by atoms with Crippen LogP contribution in [0.4, 0.5) is 5.69 Å². The smallest absolute Gasteiger partial charge is 0.241 e. The van der Waals surface area contributed by atoms with E-state index in [9.17, 15) is 4.79 Å². The molecule has 1 heterocycles. The van der Waals surface area contributed by atoms with Crippen LogP contribution in [0.3, 0.4) is 0 Å². The molecule has 1 aromatic carbocycles. The van der Waals surface area contributed by atoms with Crippen molar-refractivity contribution in [2.24, 2.45) is 5.73 Å². The van der Waals surface area contributed by atoms with E-state index in [4.69, 9.17) is 29.6 Å². The number of rotatable bonds is 4. The first-order chi connectivity index (χ1) is 9.58. The van der Waals surface area contributed by atoms with Gasteiger partial charge in [0.25, 0.3) is 0 Å². The van der Waals surface area contributed by atoms with Crippen LogP contribution in [0.5, 0.6) is 0 Å². The Bertz CT molecular complexity index is 515. The zero-order valence-electron chi connectivity index (χ0n) is 11.2. The van der Waals surface area contributed by atoms with Crippen LogP contribution in [0.15, 0.2) is 18.2 Å². The molecule has 1 fully saturated rings. The minimum absolute atomic E-state index is 0.124. The molecule has 0 spiro atoms. The van der Waals surface area contributed by atoms with Crippen LogP contribution < -0.4 is 11.1 Å². The zero-order chi connectivity index (χ0) is 14.5. The molecule has 6 heteroatoms. The van der Waals surface area contributed by atoms with Crippen molar-refractivity contribution in [3.8, 4) is 0 Å². The summed E-state index contributed by atoms with van der Waals surface area (Å²) in [5.41, 5.74) is 6.99. The van der Waals surface area contributed by atoms with Gasteiger partial charge in [-0.2, -0.15) is 0 Å². The first-order valence-corrected chi connectivity index (χ1v) is 7.47. The fraction of sp³-hybridized carbons (Fsp3) is 0.429. The molecule has 0 atom stereocenters. The molecule has 0 aliphatic carbocycles. The molecule has 1 aromatic rings. The van der Waals surface area contributed by atoms with E-state index in [1.54, 1.807) is 12.1 Å². The molecular weight excluding hydrogens is 294 g/mol. The van der Waals surface area contributed by atoms with Crippen LogP contribution in [0.1, 0.15) is 24.8 Å². The van der Waals surface area contributed by atoms with Crippen LogP contribution >= 0.6 is 23.8 Å². The lowest BCUT2D eigenvalue weighted by Crippen LogP contribution is -2.39. The van der Waals surface area contributed by atoms with Gasteiger partial charge in [-0.3, -0.25) is 4.79 Å². The van der Waals surface area contributed by atoms with Crippen molar-refractivity contribution in [2.75, 3.05) is 25.0 Å². The van der Waals surface area contributed by atoms with Gasteiger partial charge < -0.3 is 16.0 Å². The summed E-state index contributed by atoms with van der Waals surface area (Å²) in [7, 11) is 0. The highest BCUT2D eigenvalue weighted by molar-refractivity contribution is 7.80. The summed E-state index contributed by atoms with van der Waals surface area (Å²) >= 11 is 11.0. The van der Waals surface area contributed by atoms with Gasteiger partial charge in [0.2, 0.25) is 5.91 Å². The van der Waals surface area contributed by atoms with Crippen LogP contribution in [0.2, 0.25) is 5.02 Å². The second kappa shape index (κ2) is 6.90. The van der Waals surface area contributed by atoms with E-state index in [0.29, 0.717) is 10.6 Å². The van der Waals surface area contributed by atoms with Crippen LogP contribution in [-0.4, -0.2) is 35.4 Å². The lowest BCUT2D eigenvalue weighted by molar-refractivity contribution is -0.130. The molecule has 0 radical (unpaired) electrons. The highest BCUT2D eigenvalue weighted by Crippen LogP contribution is 2.21. The third-order valence-electron chi connectivity index (χ3n) is 3.39. The quantitative estimate of drug-likeness (QED) is 0.838. The number of nitrogens with two attached hydrogens (primary N) is 1. The van der Waals surface area contributed by atoms with Crippen molar-refractivity contribution in [1.82, 2.24) is 4.90 Å². The molecule has 4 nitrogen and oxygen atoms in total. The summed E-state index contributed by atoms with van der Waals surface area (Å²) < 4.78 is 0. The largest absolute Gasteiger partial charge is 0.389 e. The van der Waals surface area contributed by atoms with Gasteiger partial charge in [0, 0.05) is 24.3 Å². The van der Waals surface area contributed by atoms with Gasteiger partial charge in [0.15, 0.2) is 0 Å². The highest BCUT2D eigenvalue weighted by Gasteiger charge is 2.16. The molecule has 1 aliphatic rings. The number of hydrogen-bond acceptors (Lipinski definition) is 3. The molecule has 0 saturated carbocycles. The Morgan fingerprint density at radius 2 is 2.05 bits per heavy atom. The Kier molecular flexibility index (Phi) is 5.20. The molecule has 1 aliphatic heterocycles. The Hall–Kier alpha value is -1.33. The average Bonchev–Trinajstić information content (AvgIpc) is 2.45. The van der Waals surface area contributed by atoms with E-state index in [1.165, 1.54) is 6.42 Å². The SMILES string of the molecule is NC(=S)c1ccc(NCC(=O)N2CCCCC2)cc1Cl. The molecule has 0 aromatic heterocycles. The topological polar surface area (TPSA) is 58.4 Å². The Morgan fingerprint density at radius 1 is 1.35 bits per heavy atom. The number of thiocarbonyl (C=S) groups is 1. The van der Waals surface area contributed by atoms with Crippen molar-refractivity contribution >= 4 is 40.4 Å². The number of carbonyl (C=O) groups is 1. The molecule has 3 N–H and O–H groups in total. The lowest BCUT2D eigenvalue weighted by atomic mass is 10.1. The maximum absolute atomic E-state index is 12.0. The maximum Gasteiger partial charge on any atom is 0.241 e. The minimum Gasteiger partial charge on any atom is -0.389 e. The number of nitrogens with zero attached hydrogens (tertiary/aromatic N) is 1. The number of nitrogens with one attached hydrogen (secondary N) is 1. The van der Waals surface area contributed by atoms with Gasteiger partial charge in [0.05, 0.1) is 11.6 Å². The Morgan fingerprint density at radius 3 is 2.65 bits per heavy atom. The van der Waals surface area contributed by atoms with Gasteiger partial charge >= 0.3 is 0 Å². The minimum atomic E-state index is 0.124. The standard InChI is InChI=1S/C14H18ClN3OS/c15-12-8-10(4-5-11(12)14(16)20)17-9-13(19)18-6-2-1-3-7-18/h4-5,8,17H,1-3,6-7,9H2,(H2,16,20). The lowest BCUT2D eigenvalue weighted by Gasteiger charge is -2.26. The molecule has 0 bridgehead atoms. The number of carbonyl (C=O) groups excluding carboxylic acids is 1. The molecule has 1 amide bonds. The normalized spacial score (nSPS) is 14.9. The summed E-state index contributed by atoms with van der Waals surface area (Å²) in [6, 6.07) is 5.32. The summed E-state index contributed by atoms with van der Waals surface area (Å²) in [6.07, 6.45) is 3.41. The van der Waals surface area contributed by atoms with Gasteiger partial charge in [-0.25, -0.2) is 0 Å². The van der Waals surface area contributed by atoms with E-state index in [1.807, 2.05) is 11.0 Å². The van der Waals surface area contributed by atoms with Crippen molar-refractivity contribution in [2.45, 2.75) is 19.3 Å². The third kappa shape index (κ3) is 3.84. The number of anilines is 1. The van der Waals surface area contributed by atoms with Gasteiger partial charge in [-0.15, -0.1) is 0 Å². The molecule has 0 unspecified atom stereocenters. The van der Waals surface area contributed by atoms with Crippen molar-refractivity contribution < 1.29 is 4.79 Å². The van der Waals surface area contributed by atoms with E-state index in [-0.39, 0.29) is 17.4 Å². The van der Waals surface area contributed by atoms with E-state index in [2.05, 4.69) is 5.32 Å². The Labute approximate surface area is 129 Å². The second-order valence-corrected chi connectivity index (χ2v) is 5.70. The summed E-state index contributed by atoms with van der Waals surface area (Å²) in [5, 5.41) is 3.58. The van der Waals surface area contributed by atoms with Crippen LogP contribution in [-0.2, 0) is 4.79 Å². The average molecular weight is 312 g/mol. The van der Waals surface area contributed by atoms with Gasteiger partial charge in [-0.1, -0.05) is 23.8 Å². The molecule has 20 heavy (non-hydrogen) atoms. The van der Waals surface area contributed by atoms with Gasteiger partial charge in [-0.05, 0) is 37.5 Å². The first-order valence-electron chi connectivity index (χ1n) is 6.69. The van der Waals surface area contributed by atoms with Crippen molar-refractivity contribution in [3.05, 3.63) is 28.8 Å². The molecule has 108 valence electrons. The number of hydrogen-bond donors (Lipinski definition) is 2. The fourth-order valence-corrected chi connectivity index (χ4v) is 2.77. The zero-order valence-corrected chi connectivity index (χ0v) is 12.8. The molecular formula is C14H18ClN3OS. The highest BCUT2D eigenvalue weighted by atomic mass is 35.5. The van der Waals surface area contributed by atoms with Crippen molar-refractivity contribution in [1.29, 1.82) is 0 Å². The number of piperidine rings is 1. The van der Waals surface area contributed by atoms with Crippen molar-refractivity contribution in [3.63, 3.8) is 0 Å². The second-order valence-electron chi connectivity index (χ2n) is 4.85. The third-order valence-corrected chi connectivity index (χ3v) is 3.92. The predicted molar refractivity (Wildman–Crippen MR) is 86.3 cm³/mol. The van der Waals surface area contributed by atoms with Crippen LogP contribution in [0.25, 0.3) is 0 Å². The summed E-state index contributed by atoms with van der Waals surface area (Å²) in [6.45, 7) is 2.01. The van der Waals surface area contributed by atoms with E-state index >= 15 is 0 Å². The van der Waals surface area contributed by atoms with Crippen LogP contribution in [0, 0.1) is 0 Å². The van der Waals surface area contributed by atoms with E-state index in [0.717, 1.165) is 31.6 Å². The maximum atomic E-state index is 12.0. The summed E-state index contributed by atoms with van der Waals surface area (Å²) in [4.78, 5) is 14.2. The number of amides is 1. The molecule has 1 saturated heterocycles. The molecule has 2 rings (SSSR count). The Balaban J connectivity index is 1.92. The number of likely N-dealkylation sites (tertiary alicyclic amines) is 1. The first kappa shape index (κ1) is 15.1. The monoisotopic (exact) mass is 311 g/mol.